The van der Waals surface area contributed by atoms with Crippen LogP contribution in [0.5, 0.6) is 0 Å². The third-order valence-corrected chi connectivity index (χ3v) is 1.55. The summed E-state index contributed by atoms with van der Waals surface area (Å²) in [7, 11) is 1.58. The Hall–Kier alpha value is -1.33. The lowest BCUT2D eigenvalue weighted by atomic mass is 10.4. The van der Waals surface area contributed by atoms with Gasteiger partial charge in [-0.1, -0.05) is 0 Å². The normalized spacial score (nSPS) is 10.4. The molecule has 0 spiro atoms. The predicted octanol–water partition coefficient (Wildman–Crippen LogP) is 1.14. The quantitative estimate of drug-likeness (QED) is 0.697. The molecule has 0 fully saturated rings. The number of rotatable bonds is 6. The highest BCUT2D eigenvalue weighted by atomic mass is 16.5. The molecule has 1 rings (SSSR count). The molecule has 0 amide bonds. The molecule has 0 saturated heterocycles. The molecule has 1 heterocycles. The van der Waals surface area contributed by atoms with Crippen molar-refractivity contribution in [1.82, 2.24) is 0 Å². The van der Waals surface area contributed by atoms with Crippen LogP contribution >= 0.6 is 0 Å². The largest absolute Gasteiger partial charge is 0.475 e. The maximum Gasteiger partial charge on any atom is 0.371 e. The van der Waals surface area contributed by atoms with Crippen LogP contribution < -0.4 is 0 Å². The summed E-state index contributed by atoms with van der Waals surface area (Å²) in [5, 5.41) is 8.55. The number of aromatic carboxylic acids is 1. The van der Waals surface area contributed by atoms with Gasteiger partial charge in [0.2, 0.25) is 5.76 Å². The van der Waals surface area contributed by atoms with Gasteiger partial charge < -0.3 is 19.0 Å². The molecular weight excluding hydrogens is 188 g/mol. The molecular formula is C9H12O5. The fourth-order valence-electron chi connectivity index (χ4n) is 0.885. The SMILES string of the molecule is COCCOCc1ccc(C(=O)O)o1. The fourth-order valence-corrected chi connectivity index (χ4v) is 0.885. The molecule has 0 radical (unpaired) electrons. The molecule has 5 nitrogen and oxygen atoms in total. The number of methoxy groups -OCH3 is 1. The van der Waals surface area contributed by atoms with Crippen LogP contribution in [0.15, 0.2) is 16.5 Å². The van der Waals surface area contributed by atoms with Crippen LogP contribution in [-0.4, -0.2) is 31.4 Å². The van der Waals surface area contributed by atoms with Gasteiger partial charge in [0.05, 0.1) is 13.2 Å². The molecule has 1 N–H and O–H groups in total. The second-order valence-electron chi connectivity index (χ2n) is 2.62. The first-order valence-electron chi connectivity index (χ1n) is 4.12. The van der Waals surface area contributed by atoms with Gasteiger partial charge in [0.15, 0.2) is 0 Å². The van der Waals surface area contributed by atoms with Crippen molar-refractivity contribution >= 4 is 5.97 Å². The van der Waals surface area contributed by atoms with Gasteiger partial charge in [-0.05, 0) is 12.1 Å². The van der Waals surface area contributed by atoms with Gasteiger partial charge in [0.1, 0.15) is 12.4 Å². The van der Waals surface area contributed by atoms with Crippen molar-refractivity contribution < 1.29 is 23.8 Å². The monoisotopic (exact) mass is 200 g/mol. The van der Waals surface area contributed by atoms with Gasteiger partial charge >= 0.3 is 5.97 Å². The highest BCUT2D eigenvalue weighted by Gasteiger charge is 2.08. The Labute approximate surface area is 81.2 Å². The van der Waals surface area contributed by atoms with E-state index in [2.05, 4.69) is 0 Å². The maximum absolute atomic E-state index is 10.4. The van der Waals surface area contributed by atoms with Gasteiger partial charge in [-0.3, -0.25) is 0 Å². The summed E-state index contributed by atoms with van der Waals surface area (Å²) in [6.45, 7) is 1.22. The summed E-state index contributed by atoms with van der Waals surface area (Å²) >= 11 is 0. The van der Waals surface area contributed by atoms with Crippen LogP contribution in [-0.2, 0) is 16.1 Å². The molecule has 0 bridgehead atoms. The highest BCUT2D eigenvalue weighted by molar-refractivity contribution is 5.84. The number of carboxylic acids is 1. The van der Waals surface area contributed by atoms with E-state index < -0.39 is 5.97 Å². The molecule has 1 aromatic heterocycles. The minimum atomic E-state index is -1.08. The van der Waals surface area contributed by atoms with Crippen LogP contribution in [0.1, 0.15) is 16.3 Å². The molecule has 0 aromatic carbocycles. The van der Waals surface area contributed by atoms with Gasteiger partial charge in [0, 0.05) is 7.11 Å². The van der Waals surface area contributed by atoms with E-state index in [1.807, 2.05) is 0 Å². The van der Waals surface area contributed by atoms with E-state index in [1.54, 1.807) is 13.2 Å². The topological polar surface area (TPSA) is 68.9 Å². The Morgan fingerprint density at radius 3 is 2.86 bits per heavy atom. The van der Waals surface area contributed by atoms with E-state index in [1.165, 1.54) is 6.07 Å². The number of carboxylic acid groups (broad SMARTS) is 1. The van der Waals surface area contributed by atoms with Crippen molar-refractivity contribution in [3.8, 4) is 0 Å². The van der Waals surface area contributed by atoms with Crippen molar-refractivity contribution in [3.05, 3.63) is 23.7 Å². The molecule has 14 heavy (non-hydrogen) atoms. The zero-order chi connectivity index (χ0) is 10.4. The predicted molar refractivity (Wildman–Crippen MR) is 47.2 cm³/mol. The Morgan fingerprint density at radius 2 is 2.29 bits per heavy atom. The molecule has 0 aliphatic heterocycles. The Balaban J connectivity index is 2.33. The van der Waals surface area contributed by atoms with Crippen molar-refractivity contribution in [2.45, 2.75) is 6.61 Å². The minimum absolute atomic E-state index is 0.0738. The van der Waals surface area contributed by atoms with Crippen molar-refractivity contribution in [2.75, 3.05) is 20.3 Å². The highest BCUT2D eigenvalue weighted by Crippen LogP contribution is 2.08. The van der Waals surface area contributed by atoms with Crippen molar-refractivity contribution in [1.29, 1.82) is 0 Å². The minimum Gasteiger partial charge on any atom is -0.475 e. The first-order chi connectivity index (χ1) is 6.74. The fraction of sp³-hybridized carbons (Fsp3) is 0.444. The molecule has 0 unspecified atom stereocenters. The smallest absolute Gasteiger partial charge is 0.371 e. The van der Waals surface area contributed by atoms with Crippen LogP contribution in [0, 0.1) is 0 Å². The van der Waals surface area contributed by atoms with E-state index in [4.69, 9.17) is 19.0 Å². The molecule has 0 aliphatic carbocycles. The molecule has 5 heteroatoms. The molecule has 0 atom stereocenters. The van der Waals surface area contributed by atoms with E-state index in [-0.39, 0.29) is 12.4 Å². The number of furan rings is 1. The first-order valence-corrected chi connectivity index (χ1v) is 4.12. The lowest BCUT2D eigenvalue weighted by Crippen LogP contribution is -2.01. The second-order valence-corrected chi connectivity index (χ2v) is 2.62. The van der Waals surface area contributed by atoms with Crippen LogP contribution in [0.25, 0.3) is 0 Å². The Bertz CT molecular complexity index is 291. The van der Waals surface area contributed by atoms with Gasteiger partial charge in [-0.25, -0.2) is 4.79 Å². The average Bonchev–Trinajstić information content (AvgIpc) is 2.61. The third kappa shape index (κ3) is 3.20. The third-order valence-electron chi connectivity index (χ3n) is 1.55. The zero-order valence-electron chi connectivity index (χ0n) is 7.86. The first kappa shape index (κ1) is 10.7. The molecule has 1 aromatic rings. The van der Waals surface area contributed by atoms with Crippen LogP contribution in [0.3, 0.4) is 0 Å². The maximum atomic E-state index is 10.4. The molecule has 78 valence electrons. The summed E-state index contributed by atoms with van der Waals surface area (Å²) in [5.74, 6) is -0.651. The van der Waals surface area contributed by atoms with Gasteiger partial charge in [-0.2, -0.15) is 0 Å². The van der Waals surface area contributed by atoms with E-state index in [0.717, 1.165) is 0 Å². The van der Waals surface area contributed by atoms with Crippen LogP contribution in [0.4, 0.5) is 0 Å². The summed E-state index contributed by atoms with van der Waals surface area (Å²) < 4.78 is 14.9. The summed E-state index contributed by atoms with van der Waals surface area (Å²) in [6, 6.07) is 2.98. The average molecular weight is 200 g/mol. The lowest BCUT2D eigenvalue weighted by Gasteiger charge is -1.99. The van der Waals surface area contributed by atoms with Crippen molar-refractivity contribution in [2.24, 2.45) is 0 Å². The molecule has 0 aliphatic rings. The lowest BCUT2D eigenvalue weighted by molar-refractivity contribution is 0.0512. The second kappa shape index (κ2) is 5.41. The standard InChI is InChI=1S/C9H12O5/c1-12-4-5-13-6-7-2-3-8(14-7)9(10)11/h2-3H,4-6H2,1H3,(H,10,11). The number of ether oxygens (including phenoxy) is 2. The van der Waals surface area contributed by atoms with E-state index >= 15 is 0 Å². The summed E-state index contributed by atoms with van der Waals surface area (Å²) in [4.78, 5) is 10.4. The van der Waals surface area contributed by atoms with Crippen molar-refractivity contribution in [3.63, 3.8) is 0 Å². The van der Waals surface area contributed by atoms with E-state index in [0.29, 0.717) is 19.0 Å². The van der Waals surface area contributed by atoms with Crippen LogP contribution in [0.2, 0.25) is 0 Å². The summed E-state index contributed by atoms with van der Waals surface area (Å²) in [5.41, 5.74) is 0. The van der Waals surface area contributed by atoms with Gasteiger partial charge in [0.25, 0.3) is 0 Å². The Kier molecular flexibility index (Phi) is 4.15. The zero-order valence-corrected chi connectivity index (χ0v) is 7.86. The number of carbonyl (C=O) groups is 1. The van der Waals surface area contributed by atoms with E-state index in [9.17, 15) is 4.79 Å². The number of hydrogen-bond donors (Lipinski definition) is 1. The summed E-state index contributed by atoms with van der Waals surface area (Å²) in [6.07, 6.45) is 0. The number of hydrogen-bond acceptors (Lipinski definition) is 4. The Morgan fingerprint density at radius 1 is 1.50 bits per heavy atom. The molecule has 0 saturated carbocycles. The van der Waals surface area contributed by atoms with Gasteiger partial charge in [-0.15, -0.1) is 0 Å².